The van der Waals surface area contributed by atoms with Crippen LogP contribution in [0.1, 0.15) is 47.5 Å². The second kappa shape index (κ2) is 6.97. The van der Waals surface area contributed by atoms with Crippen LogP contribution in [0, 0.1) is 5.41 Å². The molecule has 17 heavy (non-hydrogen) atoms. The van der Waals surface area contributed by atoms with Crippen LogP contribution in [-0.4, -0.2) is 36.4 Å². The van der Waals surface area contributed by atoms with E-state index in [1.54, 1.807) is 6.92 Å². The summed E-state index contributed by atoms with van der Waals surface area (Å²) in [5, 5.41) is 12.1. The molecule has 0 amide bonds. The number of carboxylic acid groups (broad SMARTS) is 1. The molecule has 0 rings (SSSR count). The molecule has 0 spiro atoms. The highest BCUT2D eigenvalue weighted by Crippen LogP contribution is 2.18. The van der Waals surface area contributed by atoms with E-state index in [1.807, 2.05) is 6.92 Å². The van der Waals surface area contributed by atoms with Gasteiger partial charge in [0, 0.05) is 13.2 Å². The first-order valence-electron chi connectivity index (χ1n) is 6.27. The molecule has 0 heterocycles. The van der Waals surface area contributed by atoms with Gasteiger partial charge in [0.25, 0.3) is 0 Å². The maximum absolute atomic E-state index is 11.1. The summed E-state index contributed by atoms with van der Waals surface area (Å²) >= 11 is 0. The van der Waals surface area contributed by atoms with Crippen molar-refractivity contribution in [1.82, 2.24) is 5.32 Å². The summed E-state index contributed by atoms with van der Waals surface area (Å²) < 4.78 is 5.50. The Labute approximate surface area is 105 Å². The zero-order valence-electron chi connectivity index (χ0n) is 11.8. The van der Waals surface area contributed by atoms with Gasteiger partial charge in [0.05, 0.1) is 0 Å². The minimum Gasteiger partial charge on any atom is -0.480 e. The predicted molar refractivity (Wildman–Crippen MR) is 69.2 cm³/mol. The molecule has 0 saturated heterocycles. The normalized spacial score (nSPS) is 15.6. The molecule has 1 unspecified atom stereocenters. The summed E-state index contributed by atoms with van der Waals surface area (Å²) in [5.41, 5.74) is -0.617. The van der Waals surface area contributed by atoms with Crippen LogP contribution in [0.3, 0.4) is 0 Å². The monoisotopic (exact) mass is 245 g/mol. The van der Waals surface area contributed by atoms with Gasteiger partial charge < -0.3 is 15.2 Å². The first-order valence-corrected chi connectivity index (χ1v) is 6.27. The Kier molecular flexibility index (Phi) is 6.72. The molecule has 0 aliphatic rings. The Bertz CT molecular complexity index is 235. The summed E-state index contributed by atoms with van der Waals surface area (Å²) in [6, 6.07) is 0. The predicted octanol–water partition coefficient (Wildman–Crippen LogP) is 2.28. The van der Waals surface area contributed by atoms with E-state index in [9.17, 15) is 4.79 Å². The third-order valence-electron chi connectivity index (χ3n) is 2.78. The van der Waals surface area contributed by atoms with E-state index >= 15 is 0 Å². The third kappa shape index (κ3) is 7.34. The summed E-state index contributed by atoms with van der Waals surface area (Å²) in [7, 11) is 0. The van der Waals surface area contributed by atoms with Gasteiger partial charge in [0.2, 0.25) is 0 Å². The molecule has 0 aromatic heterocycles. The first-order chi connectivity index (χ1) is 7.71. The Balaban J connectivity index is 3.88. The van der Waals surface area contributed by atoms with Gasteiger partial charge in [-0.1, -0.05) is 27.7 Å². The van der Waals surface area contributed by atoms with Crippen LogP contribution in [0.15, 0.2) is 0 Å². The molecule has 0 aliphatic carbocycles. The van der Waals surface area contributed by atoms with E-state index in [-0.39, 0.29) is 5.41 Å². The van der Waals surface area contributed by atoms with Crippen molar-refractivity contribution in [1.29, 1.82) is 0 Å². The Morgan fingerprint density at radius 1 is 1.18 bits per heavy atom. The number of nitrogens with one attached hydrogen (secondary N) is 1. The van der Waals surface area contributed by atoms with Crippen molar-refractivity contribution >= 4 is 5.97 Å². The van der Waals surface area contributed by atoms with Gasteiger partial charge in [-0.25, -0.2) is 0 Å². The molecule has 0 radical (unpaired) electrons. The van der Waals surface area contributed by atoms with Gasteiger partial charge in [0.15, 0.2) is 0 Å². The summed E-state index contributed by atoms with van der Waals surface area (Å²) in [6.45, 7) is 11.9. The number of aliphatic carboxylic acids is 1. The molecule has 4 heteroatoms. The van der Waals surface area contributed by atoms with E-state index in [1.165, 1.54) is 0 Å². The van der Waals surface area contributed by atoms with Gasteiger partial charge >= 0.3 is 5.97 Å². The standard InChI is InChI=1S/C13H27NO3/c1-6-14-13(5,11(15)16)8-10-17-9-7-12(2,3)4/h14H,6-10H2,1-5H3,(H,15,16). The second-order valence-electron chi connectivity index (χ2n) is 5.84. The minimum absolute atomic E-state index is 0.262. The number of carbonyl (C=O) groups is 1. The zero-order chi connectivity index (χ0) is 13.5. The molecular formula is C13H27NO3. The van der Waals surface area contributed by atoms with E-state index < -0.39 is 11.5 Å². The van der Waals surface area contributed by atoms with Crippen LogP contribution in [0.2, 0.25) is 0 Å². The van der Waals surface area contributed by atoms with Crippen LogP contribution in [0.4, 0.5) is 0 Å². The number of rotatable bonds is 8. The van der Waals surface area contributed by atoms with E-state index in [0.29, 0.717) is 26.2 Å². The molecule has 0 bridgehead atoms. The van der Waals surface area contributed by atoms with Gasteiger partial charge in [0.1, 0.15) is 5.54 Å². The summed E-state index contributed by atoms with van der Waals surface area (Å²) in [5.74, 6) is -0.821. The van der Waals surface area contributed by atoms with Gasteiger partial charge in [-0.15, -0.1) is 0 Å². The number of hydrogen-bond donors (Lipinski definition) is 2. The Hall–Kier alpha value is -0.610. The molecule has 2 N–H and O–H groups in total. The molecule has 0 aromatic carbocycles. The largest absolute Gasteiger partial charge is 0.480 e. The van der Waals surface area contributed by atoms with Crippen molar-refractivity contribution in [3.8, 4) is 0 Å². The molecule has 0 fully saturated rings. The van der Waals surface area contributed by atoms with Crippen molar-refractivity contribution in [3.05, 3.63) is 0 Å². The maximum atomic E-state index is 11.1. The summed E-state index contributed by atoms with van der Waals surface area (Å²) in [6.07, 6.45) is 1.47. The average molecular weight is 245 g/mol. The molecular weight excluding hydrogens is 218 g/mol. The first kappa shape index (κ1) is 16.4. The summed E-state index contributed by atoms with van der Waals surface area (Å²) in [4.78, 5) is 11.1. The SMILES string of the molecule is CCNC(C)(CCOCCC(C)(C)C)C(=O)O. The molecule has 0 aromatic rings. The fourth-order valence-electron chi connectivity index (χ4n) is 1.42. The van der Waals surface area contributed by atoms with Crippen LogP contribution in [0.5, 0.6) is 0 Å². The van der Waals surface area contributed by atoms with Crippen molar-refractivity contribution in [2.45, 2.75) is 53.0 Å². The van der Waals surface area contributed by atoms with Crippen LogP contribution in [0.25, 0.3) is 0 Å². The number of carboxylic acids is 1. The van der Waals surface area contributed by atoms with Crippen molar-refractivity contribution < 1.29 is 14.6 Å². The Morgan fingerprint density at radius 3 is 2.12 bits per heavy atom. The smallest absolute Gasteiger partial charge is 0.323 e. The van der Waals surface area contributed by atoms with Gasteiger partial charge in [-0.2, -0.15) is 0 Å². The fraction of sp³-hybridized carbons (Fsp3) is 0.923. The maximum Gasteiger partial charge on any atom is 0.323 e. The van der Waals surface area contributed by atoms with E-state index in [0.717, 1.165) is 6.42 Å². The highest BCUT2D eigenvalue weighted by molar-refractivity contribution is 5.78. The quantitative estimate of drug-likeness (QED) is 0.644. The van der Waals surface area contributed by atoms with Crippen LogP contribution in [-0.2, 0) is 9.53 Å². The lowest BCUT2D eigenvalue weighted by Gasteiger charge is -2.26. The molecule has 102 valence electrons. The molecule has 0 aliphatic heterocycles. The average Bonchev–Trinajstić information content (AvgIpc) is 2.15. The zero-order valence-corrected chi connectivity index (χ0v) is 11.8. The number of hydrogen-bond acceptors (Lipinski definition) is 3. The topological polar surface area (TPSA) is 58.6 Å². The minimum atomic E-state index is -0.878. The Morgan fingerprint density at radius 2 is 1.71 bits per heavy atom. The number of ether oxygens (including phenoxy) is 1. The van der Waals surface area contributed by atoms with Crippen molar-refractivity contribution in [3.63, 3.8) is 0 Å². The lowest BCUT2D eigenvalue weighted by molar-refractivity contribution is -0.145. The highest BCUT2D eigenvalue weighted by atomic mass is 16.5. The second-order valence-corrected chi connectivity index (χ2v) is 5.84. The van der Waals surface area contributed by atoms with Crippen molar-refractivity contribution in [2.75, 3.05) is 19.8 Å². The van der Waals surface area contributed by atoms with E-state index in [4.69, 9.17) is 9.84 Å². The highest BCUT2D eigenvalue weighted by Gasteiger charge is 2.31. The fourth-order valence-corrected chi connectivity index (χ4v) is 1.42. The lowest BCUT2D eigenvalue weighted by atomic mass is 9.93. The number of likely N-dealkylation sites (N-methyl/N-ethyl adjacent to an activating group) is 1. The van der Waals surface area contributed by atoms with E-state index in [2.05, 4.69) is 26.1 Å². The molecule has 4 nitrogen and oxygen atoms in total. The molecule has 1 atom stereocenters. The van der Waals surface area contributed by atoms with Crippen LogP contribution < -0.4 is 5.32 Å². The lowest BCUT2D eigenvalue weighted by Crippen LogP contribution is -2.50. The van der Waals surface area contributed by atoms with Crippen LogP contribution >= 0.6 is 0 Å². The van der Waals surface area contributed by atoms with Gasteiger partial charge in [-0.3, -0.25) is 4.79 Å². The van der Waals surface area contributed by atoms with Crippen molar-refractivity contribution in [2.24, 2.45) is 5.41 Å². The van der Waals surface area contributed by atoms with Gasteiger partial charge in [-0.05, 0) is 31.7 Å². The third-order valence-corrected chi connectivity index (χ3v) is 2.78. The molecule has 0 saturated carbocycles.